The van der Waals surface area contributed by atoms with Gasteiger partial charge < -0.3 is 0 Å². The molecular weight excluding hydrogens is 206 g/mol. The molecule has 0 unspecified atom stereocenters. The molecule has 1 heterocycles. The average Bonchev–Trinajstić information content (AvgIpc) is 2.50. The molecular formula is C11H21N3S. The molecule has 0 bridgehead atoms. The van der Waals surface area contributed by atoms with Crippen molar-refractivity contribution in [2.45, 2.75) is 26.4 Å². The van der Waals surface area contributed by atoms with Gasteiger partial charge in [-0.3, -0.25) is 9.58 Å². The fourth-order valence-corrected chi connectivity index (χ4v) is 2.23. The molecule has 3 nitrogen and oxygen atoms in total. The highest BCUT2D eigenvalue weighted by atomic mass is 32.2. The lowest BCUT2D eigenvalue weighted by Crippen LogP contribution is -2.30. The van der Waals surface area contributed by atoms with Gasteiger partial charge >= 0.3 is 0 Å². The average molecular weight is 227 g/mol. The van der Waals surface area contributed by atoms with Crippen LogP contribution in [0.25, 0.3) is 0 Å². The summed E-state index contributed by atoms with van der Waals surface area (Å²) in [5.74, 6) is 1.18. The van der Waals surface area contributed by atoms with E-state index >= 15 is 0 Å². The molecule has 0 saturated heterocycles. The smallest absolute Gasteiger partial charge is 0.0537 e. The molecule has 0 radical (unpaired) electrons. The van der Waals surface area contributed by atoms with Crippen LogP contribution in [0.5, 0.6) is 0 Å². The lowest BCUT2D eigenvalue weighted by atomic mass is 10.2. The molecule has 86 valence electrons. The van der Waals surface area contributed by atoms with Gasteiger partial charge in [-0.2, -0.15) is 16.9 Å². The third-order valence-corrected chi connectivity index (χ3v) is 3.73. The van der Waals surface area contributed by atoms with E-state index < -0.39 is 0 Å². The molecule has 0 aromatic carbocycles. The van der Waals surface area contributed by atoms with Crippen molar-refractivity contribution in [2.24, 2.45) is 7.05 Å². The molecule has 1 rings (SSSR count). The topological polar surface area (TPSA) is 21.1 Å². The Morgan fingerprint density at radius 2 is 2.27 bits per heavy atom. The lowest BCUT2D eigenvalue weighted by molar-refractivity contribution is 0.269. The van der Waals surface area contributed by atoms with Crippen LogP contribution < -0.4 is 0 Å². The molecule has 0 amide bonds. The normalized spacial score (nSPS) is 13.5. The molecule has 1 atom stereocenters. The SMILES string of the molecule is CSC[C@H](C)N(C)Cc1cnn(C)c1C. The summed E-state index contributed by atoms with van der Waals surface area (Å²) >= 11 is 1.90. The molecule has 0 saturated carbocycles. The van der Waals surface area contributed by atoms with E-state index in [1.807, 2.05) is 29.7 Å². The number of aromatic nitrogens is 2. The second kappa shape index (κ2) is 5.56. The van der Waals surface area contributed by atoms with Gasteiger partial charge in [0.2, 0.25) is 0 Å². The minimum absolute atomic E-state index is 0.611. The van der Waals surface area contributed by atoms with Crippen molar-refractivity contribution in [3.8, 4) is 0 Å². The summed E-state index contributed by atoms with van der Waals surface area (Å²) in [6.45, 7) is 5.37. The van der Waals surface area contributed by atoms with Crippen molar-refractivity contribution in [3.63, 3.8) is 0 Å². The van der Waals surface area contributed by atoms with Crippen LogP contribution in [0.1, 0.15) is 18.2 Å². The summed E-state index contributed by atoms with van der Waals surface area (Å²) in [6.07, 6.45) is 4.12. The molecule has 0 aliphatic heterocycles. The largest absolute Gasteiger partial charge is 0.298 e. The predicted octanol–water partition coefficient (Wildman–Crippen LogP) is 1.91. The van der Waals surface area contributed by atoms with Gasteiger partial charge in [0.15, 0.2) is 0 Å². The monoisotopic (exact) mass is 227 g/mol. The van der Waals surface area contributed by atoms with Crippen LogP contribution in [-0.4, -0.2) is 39.8 Å². The Bertz CT molecular complexity index is 309. The van der Waals surface area contributed by atoms with Crippen LogP contribution >= 0.6 is 11.8 Å². The van der Waals surface area contributed by atoms with Crippen molar-refractivity contribution >= 4 is 11.8 Å². The second-order valence-electron chi connectivity index (χ2n) is 4.10. The van der Waals surface area contributed by atoms with Gasteiger partial charge in [0.25, 0.3) is 0 Å². The highest BCUT2D eigenvalue weighted by molar-refractivity contribution is 7.98. The van der Waals surface area contributed by atoms with E-state index in [0.29, 0.717) is 6.04 Å². The van der Waals surface area contributed by atoms with E-state index in [1.165, 1.54) is 17.0 Å². The van der Waals surface area contributed by atoms with Gasteiger partial charge in [-0.05, 0) is 27.2 Å². The van der Waals surface area contributed by atoms with Crippen molar-refractivity contribution in [1.29, 1.82) is 0 Å². The highest BCUT2D eigenvalue weighted by Crippen LogP contribution is 2.12. The highest BCUT2D eigenvalue weighted by Gasteiger charge is 2.11. The van der Waals surface area contributed by atoms with E-state index in [2.05, 4.69) is 37.1 Å². The van der Waals surface area contributed by atoms with Crippen LogP contribution in [0, 0.1) is 6.92 Å². The maximum Gasteiger partial charge on any atom is 0.0537 e. The van der Waals surface area contributed by atoms with E-state index in [1.54, 1.807) is 0 Å². The molecule has 0 N–H and O–H groups in total. The summed E-state index contributed by atoms with van der Waals surface area (Å²) in [6, 6.07) is 0.611. The van der Waals surface area contributed by atoms with Crippen molar-refractivity contribution in [3.05, 3.63) is 17.5 Å². The zero-order chi connectivity index (χ0) is 11.4. The third-order valence-electron chi connectivity index (χ3n) is 2.92. The molecule has 1 aromatic rings. The molecule has 0 spiro atoms. The standard InChI is InChI=1S/C11H21N3S/c1-9(8-15-5)13(3)7-11-6-12-14(4)10(11)2/h6,9H,7-8H2,1-5H3/t9-/m0/s1. The maximum absolute atomic E-state index is 4.26. The maximum atomic E-state index is 4.26. The van der Waals surface area contributed by atoms with Gasteiger partial charge in [-0.15, -0.1) is 0 Å². The van der Waals surface area contributed by atoms with Crippen molar-refractivity contribution < 1.29 is 0 Å². The number of aryl methyl sites for hydroxylation is 1. The number of nitrogens with zero attached hydrogens (tertiary/aromatic N) is 3. The van der Waals surface area contributed by atoms with Crippen LogP contribution in [0.3, 0.4) is 0 Å². The summed E-state index contributed by atoms with van der Waals surface area (Å²) in [7, 11) is 4.16. The summed E-state index contributed by atoms with van der Waals surface area (Å²) in [4.78, 5) is 2.38. The zero-order valence-corrected chi connectivity index (χ0v) is 11.1. The predicted molar refractivity (Wildman–Crippen MR) is 67.3 cm³/mol. The van der Waals surface area contributed by atoms with Crippen LogP contribution in [0.2, 0.25) is 0 Å². The van der Waals surface area contributed by atoms with Gasteiger partial charge in [0.1, 0.15) is 0 Å². The lowest BCUT2D eigenvalue weighted by Gasteiger charge is -2.23. The minimum Gasteiger partial charge on any atom is -0.298 e. The first-order valence-corrected chi connectivity index (χ1v) is 6.62. The van der Waals surface area contributed by atoms with Gasteiger partial charge in [0.05, 0.1) is 6.20 Å². The number of hydrogen-bond donors (Lipinski definition) is 0. The quantitative estimate of drug-likeness (QED) is 0.767. The van der Waals surface area contributed by atoms with E-state index in [0.717, 1.165) is 6.54 Å². The van der Waals surface area contributed by atoms with E-state index in [4.69, 9.17) is 0 Å². The fourth-order valence-electron chi connectivity index (χ4n) is 1.49. The number of thioether (sulfide) groups is 1. The first kappa shape index (κ1) is 12.6. The molecule has 0 fully saturated rings. The Kier molecular flexibility index (Phi) is 4.67. The summed E-state index contributed by atoms with van der Waals surface area (Å²) in [5, 5.41) is 4.26. The Hall–Kier alpha value is -0.480. The summed E-state index contributed by atoms with van der Waals surface area (Å²) < 4.78 is 1.93. The summed E-state index contributed by atoms with van der Waals surface area (Å²) in [5.41, 5.74) is 2.59. The van der Waals surface area contributed by atoms with Crippen molar-refractivity contribution in [1.82, 2.24) is 14.7 Å². The molecule has 1 aromatic heterocycles. The Morgan fingerprint density at radius 3 is 2.73 bits per heavy atom. The van der Waals surface area contributed by atoms with Crippen LogP contribution in [0.4, 0.5) is 0 Å². The molecule has 0 aliphatic rings. The Balaban J connectivity index is 2.58. The number of hydrogen-bond acceptors (Lipinski definition) is 3. The first-order valence-electron chi connectivity index (χ1n) is 5.23. The molecule has 4 heteroatoms. The number of rotatable bonds is 5. The zero-order valence-electron chi connectivity index (χ0n) is 10.3. The Morgan fingerprint density at radius 1 is 1.60 bits per heavy atom. The van der Waals surface area contributed by atoms with Crippen LogP contribution in [-0.2, 0) is 13.6 Å². The minimum atomic E-state index is 0.611. The van der Waals surface area contributed by atoms with Crippen molar-refractivity contribution in [2.75, 3.05) is 19.1 Å². The van der Waals surface area contributed by atoms with Crippen LogP contribution in [0.15, 0.2) is 6.20 Å². The third kappa shape index (κ3) is 3.24. The van der Waals surface area contributed by atoms with E-state index in [-0.39, 0.29) is 0 Å². The van der Waals surface area contributed by atoms with E-state index in [9.17, 15) is 0 Å². The van der Waals surface area contributed by atoms with Gasteiger partial charge in [-0.25, -0.2) is 0 Å². The molecule has 0 aliphatic carbocycles. The molecule has 15 heavy (non-hydrogen) atoms. The fraction of sp³-hybridized carbons (Fsp3) is 0.727. The first-order chi connectivity index (χ1) is 7.06. The van der Waals surface area contributed by atoms with Gasteiger partial charge in [0, 0.05) is 36.6 Å². The van der Waals surface area contributed by atoms with Gasteiger partial charge in [-0.1, -0.05) is 0 Å². The second-order valence-corrected chi connectivity index (χ2v) is 5.01. The Labute approximate surface area is 96.8 Å².